The number of rotatable bonds is 3. The van der Waals surface area contributed by atoms with Crippen molar-refractivity contribution in [2.45, 2.75) is 6.92 Å². The van der Waals surface area contributed by atoms with Gasteiger partial charge in [-0.1, -0.05) is 0 Å². The highest BCUT2D eigenvalue weighted by Crippen LogP contribution is 1.96. The standard InChI is InChI=1S/C9H18N2O/c1-9(12-2)3-6-11-7-4-10-5-8-11/h3,10H,4-8H2,1-2H3/b9-3-. The molecule has 0 radical (unpaired) electrons. The van der Waals surface area contributed by atoms with Crippen LogP contribution in [0.25, 0.3) is 0 Å². The molecular formula is C9H18N2O. The predicted molar refractivity (Wildman–Crippen MR) is 50.1 cm³/mol. The van der Waals surface area contributed by atoms with E-state index in [1.54, 1.807) is 7.11 Å². The maximum atomic E-state index is 5.06. The molecule has 3 nitrogen and oxygen atoms in total. The summed E-state index contributed by atoms with van der Waals surface area (Å²) >= 11 is 0. The number of methoxy groups -OCH3 is 1. The molecular weight excluding hydrogens is 152 g/mol. The van der Waals surface area contributed by atoms with Crippen LogP contribution in [0.2, 0.25) is 0 Å². The first-order valence-electron chi connectivity index (χ1n) is 4.47. The van der Waals surface area contributed by atoms with Crippen LogP contribution in [0.4, 0.5) is 0 Å². The van der Waals surface area contributed by atoms with Crippen molar-refractivity contribution in [3.8, 4) is 0 Å². The highest BCUT2D eigenvalue weighted by atomic mass is 16.5. The third-order valence-corrected chi connectivity index (χ3v) is 2.17. The lowest BCUT2D eigenvalue weighted by Crippen LogP contribution is -2.43. The first-order valence-corrected chi connectivity index (χ1v) is 4.47. The molecule has 0 spiro atoms. The first kappa shape index (κ1) is 9.55. The number of allylic oxidation sites excluding steroid dienone is 1. The van der Waals surface area contributed by atoms with Gasteiger partial charge in [0.15, 0.2) is 0 Å². The molecule has 1 heterocycles. The van der Waals surface area contributed by atoms with Crippen LogP contribution in [-0.2, 0) is 4.74 Å². The van der Waals surface area contributed by atoms with Crippen LogP contribution in [0.5, 0.6) is 0 Å². The van der Waals surface area contributed by atoms with Gasteiger partial charge in [-0.25, -0.2) is 0 Å². The fourth-order valence-electron chi connectivity index (χ4n) is 1.23. The van der Waals surface area contributed by atoms with E-state index in [2.05, 4.69) is 16.3 Å². The van der Waals surface area contributed by atoms with Crippen LogP contribution in [0.15, 0.2) is 11.8 Å². The monoisotopic (exact) mass is 170 g/mol. The Kier molecular flexibility index (Phi) is 4.11. The van der Waals surface area contributed by atoms with Crippen molar-refractivity contribution < 1.29 is 4.74 Å². The molecule has 12 heavy (non-hydrogen) atoms. The average molecular weight is 170 g/mol. The van der Waals surface area contributed by atoms with E-state index in [1.807, 2.05) is 6.92 Å². The summed E-state index contributed by atoms with van der Waals surface area (Å²) in [6.45, 7) is 7.52. The maximum absolute atomic E-state index is 5.06. The zero-order valence-electron chi connectivity index (χ0n) is 7.97. The third-order valence-electron chi connectivity index (χ3n) is 2.17. The summed E-state index contributed by atoms with van der Waals surface area (Å²) in [6, 6.07) is 0. The van der Waals surface area contributed by atoms with Crippen LogP contribution in [0.3, 0.4) is 0 Å². The van der Waals surface area contributed by atoms with Crippen molar-refractivity contribution in [2.24, 2.45) is 0 Å². The normalized spacial score (nSPS) is 21.0. The summed E-state index contributed by atoms with van der Waals surface area (Å²) in [5, 5.41) is 3.32. The van der Waals surface area contributed by atoms with Crippen molar-refractivity contribution in [1.82, 2.24) is 10.2 Å². The Bertz CT molecular complexity index is 151. The molecule has 0 aromatic heterocycles. The van der Waals surface area contributed by atoms with E-state index in [0.717, 1.165) is 38.5 Å². The number of hydrogen-bond acceptors (Lipinski definition) is 3. The Morgan fingerprint density at radius 2 is 2.17 bits per heavy atom. The summed E-state index contributed by atoms with van der Waals surface area (Å²) in [7, 11) is 1.71. The Hall–Kier alpha value is -0.540. The number of hydrogen-bond donors (Lipinski definition) is 1. The van der Waals surface area contributed by atoms with Crippen LogP contribution in [0.1, 0.15) is 6.92 Å². The molecule has 0 atom stereocenters. The minimum Gasteiger partial charge on any atom is -0.502 e. The third kappa shape index (κ3) is 3.24. The predicted octanol–water partition coefficient (Wildman–Crippen LogP) is 0.442. The second kappa shape index (κ2) is 5.17. The quantitative estimate of drug-likeness (QED) is 0.622. The Labute approximate surface area is 74.4 Å². The molecule has 0 aliphatic carbocycles. The van der Waals surface area contributed by atoms with Gasteiger partial charge >= 0.3 is 0 Å². The minimum atomic E-state index is 1.01. The van der Waals surface area contributed by atoms with Gasteiger partial charge in [0.05, 0.1) is 12.9 Å². The Balaban J connectivity index is 2.21. The van der Waals surface area contributed by atoms with Crippen molar-refractivity contribution >= 4 is 0 Å². The molecule has 1 fully saturated rings. The lowest BCUT2D eigenvalue weighted by atomic mass is 10.3. The average Bonchev–Trinajstić information content (AvgIpc) is 2.16. The topological polar surface area (TPSA) is 24.5 Å². The van der Waals surface area contributed by atoms with Crippen LogP contribution < -0.4 is 5.32 Å². The molecule has 1 aliphatic heterocycles. The Morgan fingerprint density at radius 3 is 2.75 bits per heavy atom. The molecule has 70 valence electrons. The second-order valence-corrected chi connectivity index (χ2v) is 3.07. The van der Waals surface area contributed by atoms with Gasteiger partial charge in [0.1, 0.15) is 0 Å². The van der Waals surface area contributed by atoms with Gasteiger partial charge in [0.2, 0.25) is 0 Å². The van der Waals surface area contributed by atoms with Gasteiger partial charge in [-0.05, 0) is 13.0 Å². The van der Waals surface area contributed by atoms with E-state index in [9.17, 15) is 0 Å². The van der Waals surface area contributed by atoms with Crippen molar-refractivity contribution in [1.29, 1.82) is 0 Å². The largest absolute Gasteiger partial charge is 0.502 e. The summed E-state index contributed by atoms with van der Waals surface area (Å²) in [6.07, 6.45) is 2.13. The van der Waals surface area contributed by atoms with Gasteiger partial charge < -0.3 is 10.1 Å². The van der Waals surface area contributed by atoms with Crippen LogP contribution in [0, 0.1) is 0 Å². The molecule has 1 N–H and O–H groups in total. The maximum Gasteiger partial charge on any atom is 0.0897 e. The molecule has 3 heteroatoms. The number of ether oxygens (including phenoxy) is 1. The van der Waals surface area contributed by atoms with Gasteiger partial charge in [-0.15, -0.1) is 0 Å². The molecule has 0 saturated carbocycles. The summed E-state index contributed by atoms with van der Waals surface area (Å²) in [5.74, 6) is 1.01. The highest BCUT2D eigenvalue weighted by molar-refractivity contribution is 4.91. The van der Waals surface area contributed by atoms with Crippen molar-refractivity contribution in [3.05, 3.63) is 11.8 Å². The van der Waals surface area contributed by atoms with E-state index in [4.69, 9.17) is 4.74 Å². The fraction of sp³-hybridized carbons (Fsp3) is 0.778. The molecule has 1 saturated heterocycles. The lowest BCUT2D eigenvalue weighted by molar-refractivity contribution is 0.253. The molecule has 0 unspecified atom stereocenters. The molecule has 0 bridgehead atoms. The summed E-state index contributed by atoms with van der Waals surface area (Å²) in [5.41, 5.74) is 0. The van der Waals surface area contributed by atoms with Gasteiger partial charge in [-0.2, -0.15) is 0 Å². The van der Waals surface area contributed by atoms with E-state index in [1.165, 1.54) is 0 Å². The fourth-order valence-corrected chi connectivity index (χ4v) is 1.23. The SMILES string of the molecule is CO/C(C)=C\CN1CCNCC1. The number of nitrogens with zero attached hydrogens (tertiary/aromatic N) is 1. The van der Waals surface area contributed by atoms with E-state index < -0.39 is 0 Å². The van der Waals surface area contributed by atoms with Gasteiger partial charge in [0, 0.05) is 32.7 Å². The summed E-state index contributed by atoms with van der Waals surface area (Å²) in [4.78, 5) is 2.42. The van der Waals surface area contributed by atoms with Crippen LogP contribution >= 0.6 is 0 Å². The molecule has 0 aromatic carbocycles. The highest BCUT2D eigenvalue weighted by Gasteiger charge is 2.06. The first-order chi connectivity index (χ1) is 5.83. The van der Waals surface area contributed by atoms with E-state index in [0.29, 0.717) is 0 Å². The summed E-state index contributed by atoms with van der Waals surface area (Å²) < 4.78 is 5.06. The van der Waals surface area contributed by atoms with E-state index in [-0.39, 0.29) is 0 Å². The number of piperazine rings is 1. The van der Waals surface area contributed by atoms with E-state index >= 15 is 0 Å². The minimum absolute atomic E-state index is 1.01. The number of nitrogens with one attached hydrogen (secondary N) is 1. The molecule has 1 rings (SSSR count). The Morgan fingerprint density at radius 1 is 1.50 bits per heavy atom. The zero-order chi connectivity index (χ0) is 8.81. The second-order valence-electron chi connectivity index (χ2n) is 3.07. The van der Waals surface area contributed by atoms with Crippen molar-refractivity contribution in [3.63, 3.8) is 0 Å². The van der Waals surface area contributed by atoms with Crippen molar-refractivity contribution in [2.75, 3.05) is 39.8 Å². The molecule has 1 aliphatic rings. The van der Waals surface area contributed by atoms with Gasteiger partial charge in [0.25, 0.3) is 0 Å². The smallest absolute Gasteiger partial charge is 0.0897 e. The van der Waals surface area contributed by atoms with Crippen LogP contribution in [-0.4, -0.2) is 44.7 Å². The van der Waals surface area contributed by atoms with Gasteiger partial charge in [-0.3, -0.25) is 4.90 Å². The zero-order valence-corrected chi connectivity index (χ0v) is 7.97. The molecule has 0 aromatic rings. The molecule has 0 amide bonds. The lowest BCUT2D eigenvalue weighted by Gasteiger charge is -2.25.